The highest BCUT2D eigenvalue weighted by molar-refractivity contribution is 7.80. The van der Waals surface area contributed by atoms with Gasteiger partial charge in [-0.05, 0) is 145 Å². The zero-order chi connectivity index (χ0) is 84.2. The fourth-order valence-electron chi connectivity index (χ4n) is 13.5. The van der Waals surface area contributed by atoms with Crippen molar-refractivity contribution in [2.24, 2.45) is 11.8 Å². The second kappa shape index (κ2) is 40.8. The van der Waals surface area contributed by atoms with E-state index in [4.69, 9.17) is 93.9 Å². The first-order valence-electron chi connectivity index (χ1n) is 37.6. The summed E-state index contributed by atoms with van der Waals surface area (Å²) in [6, 6.07) is 30.9. The van der Waals surface area contributed by atoms with E-state index in [9.17, 15) is 19.2 Å². The summed E-state index contributed by atoms with van der Waals surface area (Å²) in [5.41, 5.74) is 20.4. The van der Waals surface area contributed by atoms with E-state index in [-0.39, 0.29) is 58.9 Å². The van der Waals surface area contributed by atoms with Gasteiger partial charge in [0.15, 0.2) is 34.6 Å². The van der Waals surface area contributed by atoms with E-state index in [1.54, 1.807) is 124 Å². The number of aryl methyl sites for hydroxylation is 2. The van der Waals surface area contributed by atoms with Gasteiger partial charge in [0.1, 0.15) is 48.7 Å². The number of carbonyl (C=O) groups is 2. The summed E-state index contributed by atoms with van der Waals surface area (Å²) in [5, 5.41) is 0. The van der Waals surface area contributed by atoms with Crippen LogP contribution in [-0.2, 0) is 75.2 Å². The summed E-state index contributed by atoms with van der Waals surface area (Å²) in [6.45, 7) is 11.6. The van der Waals surface area contributed by atoms with Gasteiger partial charge in [-0.1, -0.05) is 48.5 Å². The first-order chi connectivity index (χ1) is 56.5. The van der Waals surface area contributed by atoms with E-state index in [0.29, 0.717) is 183 Å². The maximum atomic E-state index is 15.9. The van der Waals surface area contributed by atoms with Crippen LogP contribution in [0.15, 0.2) is 168 Å². The summed E-state index contributed by atoms with van der Waals surface area (Å²) in [7, 11) is -6.22. The molecule has 6 aromatic heterocycles. The molecule has 4 aliphatic heterocycles. The Morgan fingerprint density at radius 2 is 0.847 bits per heavy atom. The number of pyridine rings is 6. The third-order valence-electron chi connectivity index (χ3n) is 19.6. The molecule has 624 valence electrons. The van der Waals surface area contributed by atoms with Crippen molar-refractivity contribution < 1.29 is 101 Å². The van der Waals surface area contributed by atoms with Crippen LogP contribution in [0.5, 0.6) is 23.0 Å². The molecule has 30 nitrogen and oxygen atoms in total. The van der Waals surface area contributed by atoms with Gasteiger partial charge in [0.05, 0.1) is 87.5 Å². The number of nitrogens with two attached hydrogens (primary N) is 2. The van der Waals surface area contributed by atoms with Gasteiger partial charge in [-0.3, -0.25) is 47.4 Å². The first-order valence-corrected chi connectivity index (χ1v) is 40.4. The van der Waals surface area contributed by atoms with Crippen LogP contribution in [0.2, 0.25) is 0 Å². The van der Waals surface area contributed by atoms with Gasteiger partial charge < -0.3 is 68.0 Å². The van der Waals surface area contributed by atoms with Crippen LogP contribution in [0.25, 0.3) is 67.0 Å². The number of aromatic nitrogens is 6. The van der Waals surface area contributed by atoms with Crippen LogP contribution >= 0.6 is 0 Å². The van der Waals surface area contributed by atoms with E-state index in [2.05, 4.69) is 19.9 Å². The molecule has 4 saturated heterocycles. The average molecular weight is 1670 g/mol. The largest absolute Gasteiger partial charge is 0.493 e. The predicted octanol–water partition coefficient (Wildman–Crippen LogP) is 11.3. The molecule has 0 radical (unpaired) electrons. The molecule has 34 heteroatoms. The van der Waals surface area contributed by atoms with Crippen molar-refractivity contribution in [1.82, 2.24) is 29.1 Å². The predicted molar refractivity (Wildman–Crippen MR) is 433 cm³/mol. The van der Waals surface area contributed by atoms with E-state index in [0.717, 1.165) is 47.9 Å². The van der Waals surface area contributed by atoms with Crippen molar-refractivity contribution in [3.63, 3.8) is 0 Å². The summed E-state index contributed by atoms with van der Waals surface area (Å²) in [5.74, 6) is 1.15. The fourth-order valence-corrected chi connectivity index (χ4v) is 13.5. The maximum Gasteiger partial charge on any atom is 0.394 e. The molecule has 2 atom stereocenters. The van der Waals surface area contributed by atoms with Crippen LogP contribution in [0, 0.1) is 37.3 Å². The third-order valence-corrected chi connectivity index (χ3v) is 19.6. The molecule has 0 aliphatic carbocycles. The fraction of sp³-hybridized carbons (Fsp3) is 0.333. The maximum absolute atomic E-state index is 15.9. The number of rotatable bonds is 24. The lowest BCUT2D eigenvalue weighted by Gasteiger charge is -2.23. The Bertz CT molecular complexity index is 5190. The van der Waals surface area contributed by atoms with Crippen LogP contribution in [0.1, 0.15) is 68.7 Å². The highest BCUT2D eigenvalue weighted by atomic mass is 32.3. The Labute approximate surface area is 679 Å². The normalized spacial score (nSPS) is 15.8. The van der Waals surface area contributed by atoms with Crippen LogP contribution in [-0.4, -0.2) is 181 Å². The molecule has 8 N–H and O–H groups in total. The summed E-state index contributed by atoms with van der Waals surface area (Å²) in [6.07, 6.45) is 16.3. The number of carbonyl (C=O) groups excluding carboxylic acids is 2. The molecule has 118 heavy (non-hydrogen) atoms. The highest BCUT2D eigenvalue weighted by Gasteiger charge is 2.26. The minimum atomic E-state index is -4.67. The van der Waals surface area contributed by atoms with Crippen molar-refractivity contribution in [1.29, 1.82) is 0 Å². The minimum absolute atomic E-state index is 0.0377. The highest BCUT2D eigenvalue weighted by Crippen LogP contribution is 2.39. The second-order valence-corrected chi connectivity index (χ2v) is 30.1. The molecular formula is C84H90F2N8O22S2. The first kappa shape index (κ1) is 87.7. The molecule has 0 spiro atoms. The van der Waals surface area contributed by atoms with Crippen LogP contribution in [0.4, 0.5) is 20.4 Å². The Morgan fingerprint density at radius 3 is 1.19 bits per heavy atom. The number of nitrogen functional groups attached to an aromatic ring is 2. The van der Waals surface area contributed by atoms with Gasteiger partial charge in [0, 0.05) is 135 Å². The van der Waals surface area contributed by atoms with E-state index < -0.39 is 54.9 Å². The molecule has 10 heterocycles. The number of ether oxygens (including phenoxy) is 10. The SMILES string of the molecule is COc1cc(-c2cnc(N)c(-c3ccc(CC(=O)c4cn(CC5CCOCC5)cc(-c5ccc(C)cn5)c4=O)cc3F)c2)ccc1OC[C@H]1COCCO1.COc1cc(-c2cnc(N)c(-c3ccc(CC(=O)c4cn(CC5CCOCC5)cc(-c5ccc(C)cn5)c4=O)cc3F)c2)ccc1OC[C@H]1COCCO1.O=S(=O)(O)O.O=S(=O)(O)O. The van der Waals surface area contributed by atoms with Crippen LogP contribution in [0.3, 0.4) is 0 Å². The van der Waals surface area contributed by atoms with Gasteiger partial charge >= 0.3 is 20.8 Å². The molecule has 14 rings (SSSR count). The second-order valence-electron chi connectivity index (χ2n) is 28.3. The van der Waals surface area contributed by atoms with Gasteiger partial charge in [-0.15, -0.1) is 0 Å². The number of hydrogen-bond donors (Lipinski definition) is 6. The molecule has 0 amide bonds. The topological polar surface area (TPSA) is 423 Å². The number of Topliss-reactive ketones (excluding diaryl/α,β-unsaturated/α-hetero) is 2. The molecule has 0 bridgehead atoms. The summed E-state index contributed by atoms with van der Waals surface area (Å²) in [4.78, 5) is 72.8. The van der Waals surface area contributed by atoms with Gasteiger partial charge in [0.25, 0.3) is 0 Å². The van der Waals surface area contributed by atoms with E-state index in [1.165, 1.54) is 12.1 Å². The van der Waals surface area contributed by atoms with Crippen molar-refractivity contribution >= 4 is 44.0 Å². The lowest BCUT2D eigenvalue weighted by molar-refractivity contribution is -0.101. The molecule has 10 aromatic rings. The Hall–Kier alpha value is -11.1. The molecule has 0 unspecified atom stereocenters. The molecule has 0 saturated carbocycles. The minimum Gasteiger partial charge on any atom is -0.493 e. The zero-order valence-corrected chi connectivity index (χ0v) is 66.6. The third kappa shape index (κ3) is 25.0. The summed E-state index contributed by atoms with van der Waals surface area (Å²) >= 11 is 0. The molecule has 4 aromatic carbocycles. The van der Waals surface area contributed by atoms with Crippen LogP contribution < -0.4 is 41.3 Å². The number of halogens is 2. The average Bonchev–Trinajstić information content (AvgIpc) is 0.798. The van der Waals surface area contributed by atoms with Crippen molar-refractivity contribution in [3.8, 4) is 90.0 Å². The molecule has 4 aliphatic rings. The number of nitrogens with zero attached hydrogens (tertiary/aromatic N) is 6. The van der Waals surface area contributed by atoms with E-state index in [1.807, 2.05) is 59.4 Å². The standard InChI is InChI=1S/2C42H43FN4O7.2H2O4S/c2*1-26-3-7-37(45-19-26)34-22-47(21-27-9-11-51-12-10-27)23-35(41(34)49)38(48)16-28-4-6-32(36(43)15-28)33-17-30(20-46-42(33)44)29-5-8-39(40(18-29)50-2)54-25-31-24-52-13-14-53-31;2*1-5(2,3)4/h2*3-8,15,17-20,22-23,27,31H,9-14,16,21,24-25H2,1-2H3,(H2,44,46);2*(H2,1,2,3,4)/t2*31-;;/m11../s1. The Kier molecular flexibility index (Phi) is 30.4. The van der Waals surface area contributed by atoms with Gasteiger partial charge in [-0.2, -0.15) is 16.8 Å². The lowest BCUT2D eigenvalue weighted by atomic mass is 9.96. The van der Waals surface area contributed by atoms with Gasteiger partial charge in [-0.25, -0.2) is 18.7 Å². The van der Waals surface area contributed by atoms with Crippen molar-refractivity contribution in [2.45, 2.75) is 77.7 Å². The Balaban J connectivity index is 0.000000208. The van der Waals surface area contributed by atoms with Gasteiger partial charge in [0.2, 0.25) is 10.9 Å². The number of methoxy groups -OCH3 is 2. The zero-order valence-electron chi connectivity index (χ0n) is 65.0. The number of benzene rings is 4. The summed E-state index contributed by atoms with van der Waals surface area (Å²) < 4.78 is 155. The molecular weight excluding hydrogens is 1580 g/mol. The number of anilines is 2. The Morgan fingerprint density at radius 1 is 0.458 bits per heavy atom. The van der Waals surface area contributed by atoms with Crippen molar-refractivity contribution in [2.75, 3.05) is 105 Å². The monoisotopic (exact) mass is 1660 g/mol. The smallest absolute Gasteiger partial charge is 0.394 e. The lowest BCUT2D eigenvalue weighted by Crippen LogP contribution is -2.33. The number of ketones is 2. The molecule has 4 fully saturated rings. The van der Waals surface area contributed by atoms with Crippen molar-refractivity contribution in [3.05, 3.63) is 224 Å². The quantitative estimate of drug-likeness (QED) is 0.0242. The number of hydrogen-bond acceptors (Lipinski definition) is 24. The van der Waals surface area contributed by atoms with E-state index >= 15 is 8.78 Å².